The number of aromatic amines is 1. The van der Waals surface area contributed by atoms with Crippen molar-refractivity contribution in [3.63, 3.8) is 0 Å². The summed E-state index contributed by atoms with van der Waals surface area (Å²) in [6.45, 7) is 2.95. The van der Waals surface area contributed by atoms with E-state index < -0.39 is 21.7 Å². The molecule has 37 heavy (non-hydrogen) atoms. The lowest BCUT2D eigenvalue weighted by Gasteiger charge is -2.31. The van der Waals surface area contributed by atoms with Crippen LogP contribution in [0.1, 0.15) is 31.7 Å². The number of aromatic nitrogens is 4. The number of hydrogen-bond donors (Lipinski definition) is 2. The second kappa shape index (κ2) is 10.1. The number of nitrogens with one attached hydrogen (secondary N) is 2. The van der Waals surface area contributed by atoms with Crippen molar-refractivity contribution in [1.82, 2.24) is 24.5 Å². The highest BCUT2D eigenvalue weighted by Crippen LogP contribution is 2.30. The summed E-state index contributed by atoms with van der Waals surface area (Å²) in [7, 11) is -3.16. The largest absolute Gasteiger partial charge is 0.382 e. The normalized spacial score (nSPS) is 15.4. The van der Waals surface area contributed by atoms with Crippen molar-refractivity contribution in [2.24, 2.45) is 0 Å². The maximum Gasteiger partial charge on any atom is 0.211 e. The van der Waals surface area contributed by atoms with Gasteiger partial charge >= 0.3 is 0 Å². The molecule has 0 atom stereocenters. The van der Waals surface area contributed by atoms with Gasteiger partial charge in [0.05, 0.1) is 18.0 Å². The molecule has 4 aromatic rings. The fourth-order valence-corrected chi connectivity index (χ4v) is 5.57. The highest BCUT2D eigenvalue weighted by atomic mass is 32.2. The van der Waals surface area contributed by atoms with E-state index in [4.69, 9.17) is 0 Å². The Kier molecular flexibility index (Phi) is 6.91. The number of halogens is 2. The van der Waals surface area contributed by atoms with Crippen LogP contribution in [0.25, 0.3) is 33.7 Å². The molecule has 2 aromatic heterocycles. The number of H-pyrrole nitrogens is 1. The van der Waals surface area contributed by atoms with Gasteiger partial charge in [-0.15, -0.1) is 0 Å². The van der Waals surface area contributed by atoms with Gasteiger partial charge in [0.25, 0.3) is 0 Å². The smallest absolute Gasteiger partial charge is 0.211 e. The van der Waals surface area contributed by atoms with E-state index in [2.05, 4.69) is 25.5 Å². The maximum atomic E-state index is 14.8. The zero-order chi connectivity index (χ0) is 26.2. The molecule has 194 valence electrons. The maximum absolute atomic E-state index is 14.8. The van der Waals surface area contributed by atoms with E-state index in [9.17, 15) is 17.2 Å². The molecule has 0 spiro atoms. The molecule has 2 N–H and O–H groups in total. The summed E-state index contributed by atoms with van der Waals surface area (Å²) in [5.41, 5.74) is 3.62. The quantitative estimate of drug-likeness (QED) is 0.360. The van der Waals surface area contributed by atoms with Crippen molar-refractivity contribution < 1.29 is 17.2 Å². The molecule has 11 heteroatoms. The molecule has 1 aliphatic heterocycles. The number of rotatable bonds is 7. The monoisotopic (exact) mass is 526 g/mol. The number of fused-ring (bicyclic) bond motifs is 1. The van der Waals surface area contributed by atoms with Gasteiger partial charge in [-0.3, -0.25) is 5.10 Å². The molecule has 1 saturated heterocycles. The molecule has 3 heterocycles. The Morgan fingerprint density at radius 3 is 2.41 bits per heavy atom. The standard InChI is InChI=1S/C26H28F2N6O2S/c1-3-4-16-13-20(27)23(21(28)14-16)26-29-15-22-25(31-26)24(33-32-22)17-5-7-18(8-6-17)30-19-9-11-34(12-10-19)37(2,35)36/h5-8,13-15,19,30H,3-4,9-12H2,1-2H3,(H,32,33). The minimum atomic E-state index is -3.16. The highest BCUT2D eigenvalue weighted by Gasteiger charge is 2.25. The lowest BCUT2D eigenvalue weighted by atomic mass is 10.1. The molecule has 0 radical (unpaired) electrons. The van der Waals surface area contributed by atoms with E-state index in [-0.39, 0.29) is 17.4 Å². The second-order valence-electron chi connectivity index (χ2n) is 9.37. The van der Waals surface area contributed by atoms with Crippen molar-refractivity contribution in [2.75, 3.05) is 24.7 Å². The van der Waals surface area contributed by atoms with Crippen LogP contribution >= 0.6 is 0 Å². The Morgan fingerprint density at radius 2 is 1.78 bits per heavy atom. The summed E-state index contributed by atoms with van der Waals surface area (Å²) in [5.74, 6) is -1.41. The van der Waals surface area contributed by atoms with Crippen LogP contribution in [0.15, 0.2) is 42.6 Å². The van der Waals surface area contributed by atoms with Crippen molar-refractivity contribution in [2.45, 2.75) is 38.6 Å². The first kappa shape index (κ1) is 25.2. The third-order valence-electron chi connectivity index (χ3n) is 6.62. The van der Waals surface area contributed by atoms with Crippen molar-refractivity contribution in [3.05, 3.63) is 59.8 Å². The number of benzene rings is 2. The topological polar surface area (TPSA) is 104 Å². The van der Waals surface area contributed by atoms with E-state index in [1.54, 1.807) is 0 Å². The predicted molar refractivity (Wildman–Crippen MR) is 140 cm³/mol. The SMILES string of the molecule is CCCc1cc(F)c(-c2ncc3[nH]nc(-c4ccc(NC5CCN(S(C)(=O)=O)CC5)cc4)c3n2)c(F)c1. The Labute approximate surface area is 214 Å². The summed E-state index contributed by atoms with van der Waals surface area (Å²) >= 11 is 0. The molecular formula is C26H28F2N6O2S. The zero-order valence-corrected chi connectivity index (χ0v) is 21.4. The van der Waals surface area contributed by atoms with Crippen LogP contribution in [0, 0.1) is 11.6 Å². The van der Waals surface area contributed by atoms with Crippen molar-refractivity contribution in [1.29, 1.82) is 0 Å². The van der Waals surface area contributed by atoms with E-state index in [1.807, 2.05) is 31.2 Å². The van der Waals surface area contributed by atoms with E-state index >= 15 is 0 Å². The molecule has 1 aliphatic rings. The molecule has 1 fully saturated rings. The van der Waals surface area contributed by atoms with Gasteiger partial charge in [0.15, 0.2) is 5.82 Å². The Hall–Kier alpha value is -3.44. The van der Waals surface area contributed by atoms with Crippen LogP contribution in [0.4, 0.5) is 14.5 Å². The van der Waals surface area contributed by atoms with Crippen LogP contribution in [0.2, 0.25) is 0 Å². The third kappa shape index (κ3) is 5.33. The Morgan fingerprint density at radius 1 is 1.11 bits per heavy atom. The average Bonchev–Trinajstić information content (AvgIpc) is 3.28. The zero-order valence-electron chi connectivity index (χ0n) is 20.6. The van der Waals surface area contributed by atoms with Crippen LogP contribution in [-0.2, 0) is 16.4 Å². The van der Waals surface area contributed by atoms with Gasteiger partial charge in [-0.25, -0.2) is 31.5 Å². The van der Waals surface area contributed by atoms with Crippen LogP contribution in [0.5, 0.6) is 0 Å². The first-order chi connectivity index (χ1) is 17.7. The summed E-state index contributed by atoms with van der Waals surface area (Å²) in [5, 5.41) is 10.7. The fraction of sp³-hybridized carbons (Fsp3) is 0.346. The minimum Gasteiger partial charge on any atom is -0.382 e. The predicted octanol–water partition coefficient (Wildman–Crippen LogP) is 4.75. The average molecular weight is 527 g/mol. The van der Waals surface area contributed by atoms with Crippen LogP contribution < -0.4 is 5.32 Å². The fourth-order valence-electron chi connectivity index (χ4n) is 4.70. The summed E-state index contributed by atoms with van der Waals surface area (Å²) in [6, 6.07) is 10.5. The van der Waals surface area contributed by atoms with Gasteiger partial charge in [-0.1, -0.05) is 25.5 Å². The number of anilines is 1. The summed E-state index contributed by atoms with van der Waals surface area (Å²) < 4.78 is 54.5. The van der Waals surface area contributed by atoms with E-state index in [0.717, 1.165) is 30.5 Å². The number of piperidine rings is 1. The molecule has 8 nitrogen and oxygen atoms in total. The Bertz CT molecular complexity index is 1510. The molecular weight excluding hydrogens is 498 g/mol. The molecule has 0 amide bonds. The van der Waals surface area contributed by atoms with Gasteiger partial charge in [0.1, 0.15) is 28.4 Å². The molecule has 0 unspecified atom stereocenters. The lowest BCUT2D eigenvalue weighted by Crippen LogP contribution is -2.41. The van der Waals surface area contributed by atoms with Crippen LogP contribution in [0.3, 0.4) is 0 Å². The van der Waals surface area contributed by atoms with E-state index in [0.29, 0.717) is 41.8 Å². The van der Waals surface area contributed by atoms with Gasteiger partial charge in [0, 0.05) is 30.4 Å². The van der Waals surface area contributed by atoms with Gasteiger partial charge in [-0.05, 0) is 49.1 Å². The van der Waals surface area contributed by atoms with E-state index in [1.165, 1.54) is 28.9 Å². The van der Waals surface area contributed by atoms with Gasteiger partial charge < -0.3 is 5.32 Å². The Balaban J connectivity index is 1.37. The molecule has 2 aromatic carbocycles. The molecule has 0 saturated carbocycles. The van der Waals surface area contributed by atoms with Crippen molar-refractivity contribution >= 4 is 26.7 Å². The number of nitrogens with zero attached hydrogens (tertiary/aromatic N) is 4. The van der Waals surface area contributed by atoms with Gasteiger partial charge in [-0.2, -0.15) is 5.10 Å². The molecule has 0 aliphatic carbocycles. The van der Waals surface area contributed by atoms with Crippen LogP contribution in [-0.4, -0.2) is 58.3 Å². The summed E-state index contributed by atoms with van der Waals surface area (Å²) in [4.78, 5) is 8.64. The van der Waals surface area contributed by atoms with Gasteiger partial charge in [0.2, 0.25) is 10.0 Å². The highest BCUT2D eigenvalue weighted by molar-refractivity contribution is 7.88. The first-order valence-corrected chi connectivity index (χ1v) is 14.1. The molecule has 5 rings (SSSR count). The lowest BCUT2D eigenvalue weighted by molar-refractivity contribution is 0.332. The number of sulfonamides is 1. The molecule has 0 bridgehead atoms. The summed E-state index contributed by atoms with van der Waals surface area (Å²) in [6.07, 6.45) is 5.55. The number of hydrogen-bond acceptors (Lipinski definition) is 6. The number of aryl methyl sites for hydroxylation is 1. The third-order valence-corrected chi connectivity index (χ3v) is 7.92. The van der Waals surface area contributed by atoms with Crippen molar-refractivity contribution in [3.8, 4) is 22.6 Å². The minimum absolute atomic E-state index is 0.0353. The first-order valence-electron chi connectivity index (χ1n) is 12.2. The second-order valence-corrected chi connectivity index (χ2v) is 11.4.